The molecule has 0 saturated heterocycles. The Morgan fingerprint density at radius 1 is 1.29 bits per heavy atom. The second-order valence-corrected chi connectivity index (χ2v) is 8.42. The van der Waals surface area contributed by atoms with Crippen molar-refractivity contribution < 1.29 is 13.6 Å². The van der Waals surface area contributed by atoms with Crippen LogP contribution in [-0.2, 0) is 0 Å². The molecule has 1 heterocycles. The van der Waals surface area contributed by atoms with E-state index >= 15 is 0 Å². The third-order valence-electron chi connectivity index (χ3n) is 5.37. The van der Waals surface area contributed by atoms with Crippen LogP contribution in [0, 0.1) is 12.3 Å². The number of anilines is 1. The van der Waals surface area contributed by atoms with Crippen LogP contribution >= 0.6 is 0 Å². The molecule has 0 aliphatic heterocycles. The van der Waals surface area contributed by atoms with Crippen molar-refractivity contribution in [3.05, 3.63) is 53.5 Å². The Balaban J connectivity index is 1.69. The molecule has 180 valence electrons. The van der Waals surface area contributed by atoms with Gasteiger partial charge in [-0.25, -0.2) is 18.7 Å². The predicted molar refractivity (Wildman–Crippen MR) is 130 cm³/mol. The van der Waals surface area contributed by atoms with Crippen LogP contribution in [0.1, 0.15) is 48.5 Å². The monoisotopic (exact) mass is 469 g/mol. The number of hydrogen-bond donors (Lipinski definition) is 4. The second-order valence-electron chi connectivity index (χ2n) is 8.42. The highest BCUT2D eigenvalue weighted by atomic mass is 19.3. The number of aryl methyl sites for hydroxylation is 1. The fourth-order valence-corrected chi connectivity index (χ4v) is 3.44. The SMILES string of the molecule is Cc1cnc(NC(C=NC2CCC(=N)CC2)=CN)nc1-c1ccc(C(=O)NCC(C)(F)F)cc1. The van der Waals surface area contributed by atoms with Crippen LogP contribution in [0.4, 0.5) is 14.7 Å². The summed E-state index contributed by atoms with van der Waals surface area (Å²) in [5.74, 6) is -3.21. The molecule has 1 aliphatic carbocycles. The maximum atomic E-state index is 13.0. The lowest BCUT2D eigenvalue weighted by molar-refractivity contribution is 0.0221. The highest BCUT2D eigenvalue weighted by molar-refractivity contribution is 5.94. The number of aromatic nitrogens is 2. The van der Waals surface area contributed by atoms with E-state index in [1.807, 2.05) is 6.92 Å². The number of carbonyl (C=O) groups excluding carboxylic acids is 1. The summed E-state index contributed by atoms with van der Waals surface area (Å²) in [6, 6.07) is 6.71. The highest BCUT2D eigenvalue weighted by Gasteiger charge is 2.22. The van der Waals surface area contributed by atoms with Crippen molar-refractivity contribution in [3.63, 3.8) is 0 Å². The van der Waals surface area contributed by atoms with Gasteiger partial charge in [-0.3, -0.25) is 9.79 Å². The fraction of sp³-hybridized carbons (Fsp3) is 0.375. The standard InChI is InChI=1S/C24H29F2N7O/c1-15-12-30-23(32-20(11-27)13-29-19-9-7-18(28)8-10-19)33-21(15)16-3-5-17(6-4-16)22(34)31-14-24(2,25)26/h3-6,11-13,19,28H,7-10,14,27H2,1-2H3,(H,31,34)(H,30,32,33). The topological polar surface area (TPSA) is 129 Å². The van der Waals surface area contributed by atoms with Crippen LogP contribution in [0.5, 0.6) is 0 Å². The number of allylic oxidation sites excluding steroid dienone is 1. The first-order valence-corrected chi connectivity index (χ1v) is 11.0. The van der Waals surface area contributed by atoms with Crippen molar-refractivity contribution in [2.45, 2.75) is 51.5 Å². The van der Waals surface area contributed by atoms with Gasteiger partial charge in [0.25, 0.3) is 11.8 Å². The molecular formula is C24H29F2N7O. The molecule has 0 atom stereocenters. The molecule has 34 heavy (non-hydrogen) atoms. The lowest BCUT2D eigenvalue weighted by Gasteiger charge is -2.18. The number of nitrogens with two attached hydrogens (primary N) is 1. The van der Waals surface area contributed by atoms with Gasteiger partial charge in [0.15, 0.2) is 0 Å². The zero-order valence-corrected chi connectivity index (χ0v) is 19.2. The number of hydrogen-bond acceptors (Lipinski definition) is 7. The van der Waals surface area contributed by atoms with E-state index in [0.717, 1.165) is 49.4 Å². The Hall–Kier alpha value is -3.69. The molecule has 1 aromatic carbocycles. The van der Waals surface area contributed by atoms with Crippen molar-refractivity contribution in [2.24, 2.45) is 10.7 Å². The predicted octanol–water partition coefficient (Wildman–Crippen LogP) is 4.08. The number of aliphatic imine (C=N–C) groups is 1. The number of halogens is 2. The minimum Gasteiger partial charge on any atom is -0.403 e. The van der Waals surface area contributed by atoms with E-state index in [0.29, 0.717) is 17.3 Å². The van der Waals surface area contributed by atoms with Crippen LogP contribution in [-0.4, -0.2) is 46.3 Å². The van der Waals surface area contributed by atoms with Gasteiger partial charge < -0.3 is 21.8 Å². The molecule has 1 saturated carbocycles. The normalized spacial score (nSPS) is 17.1. The van der Waals surface area contributed by atoms with Gasteiger partial charge in [-0.1, -0.05) is 12.1 Å². The number of alkyl halides is 2. The van der Waals surface area contributed by atoms with Crippen LogP contribution in [0.25, 0.3) is 11.3 Å². The summed E-state index contributed by atoms with van der Waals surface area (Å²) in [6.07, 6.45) is 7.98. The third kappa shape index (κ3) is 7.16. The molecule has 0 spiro atoms. The molecule has 1 aromatic heterocycles. The molecular weight excluding hydrogens is 440 g/mol. The first-order chi connectivity index (χ1) is 16.1. The summed E-state index contributed by atoms with van der Waals surface area (Å²) in [5, 5.41) is 13.0. The van der Waals surface area contributed by atoms with E-state index in [1.54, 1.807) is 36.7 Å². The summed E-state index contributed by atoms with van der Waals surface area (Å²) in [7, 11) is 0. The Labute approximate surface area is 197 Å². The van der Waals surface area contributed by atoms with Crippen molar-refractivity contribution in [1.82, 2.24) is 15.3 Å². The molecule has 2 aromatic rings. The number of nitrogens with zero attached hydrogens (tertiary/aromatic N) is 3. The van der Waals surface area contributed by atoms with E-state index in [-0.39, 0.29) is 11.6 Å². The van der Waals surface area contributed by atoms with Gasteiger partial charge in [0.2, 0.25) is 5.95 Å². The largest absolute Gasteiger partial charge is 0.403 e. The third-order valence-corrected chi connectivity index (χ3v) is 5.37. The van der Waals surface area contributed by atoms with Gasteiger partial charge in [0.05, 0.1) is 24.0 Å². The Kier molecular flexibility index (Phi) is 8.04. The number of carbonyl (C=O) groups is 1. The smallest absolute Gasteiger partial charge is 0.262 e. The number of benzene rings is 1. The minimum atomic E-state index is -2.97. The van der Waals surface area contributed by atoms with Gasteiger partial charge in [-0.15, -0.1) is 0 Å². The molecule has 1 amide bonds. The molecule has 1 fully saturated rings. The lowest BCUT2D eigenvalue weighted by atomic mass is 9.94. The first kappa shape index (κ1) is 24.9. The minimum absolute atomic E-state index is 0.166. The average Bonchev–Trinajstić information content (AvgIpc) is 2.82. The summed E-state index contributed by atoms with van der Waals surface area (Å²) in [4.78, 5) is 25.5. The lowest BCUT2D eigenvalue weighted by Crippen LogP contribution is -2.34. The van der Waals surface area contributed by atoms with Gasteiger partial charge >= 0.3 is 0 Å². The summed E-state index contributed by atoms with van der Waals surface area (Å²) in [5.41, 5.74) is 9.57. The number of amides is 1. The average molecular weight is 470 g/mol. The fourth-order valence-electron chi connectivity index (χ4n) is 3.44. The van der Waals surface area contributed by atoms with E-state index < -0.39 is 18.4 Å². The Bertz CT molecular complexity index is 1080. The molecule has 5 N–H and O–H groups in total. The quantitative estimate of drug-likeness (QED) is 0.433. The molecule has 0 bridgehead atoms. The van der Waals surface area contributed by atoms with Gasteiger partial charge in [0.1, 0.15) is 0 Å². The molecule has 10 heteroatoms. The van der Waals surface area contributed by atoms with Crippen LogP contribution in [0.15, 0.2) is 47.4 Å². The van der Waals surface area contributed by atoms with Gasteiger partial charge in [-0.05, 0) is 50.3 Å². The number of nitrogens with one attached hydrogen (secondary N) is 3. The zero-order chi connectivity index (χ0) is 24.7. The zero-order valence-electron chi connectivity index (χ0n) is 19.2. The maximum absolute atomic E-state index is 13.0. The molecule has 3 rings (SSSR count). The van der Waals surface area contributed by atoms with Crippen molar-refractivity contribution in [3.8, 4) is 11.3 Å². The van der Waals surface area contributed by atoms with Crippen molar-refractivity contribution in [2.75, 3.05) is 11.9 Å². The van der Waals surface area contributed by atoms with Crippen LogP contribution < -0.4 is 16.4 Å². The van der Waals surface area contributed by atoms with Crippen LogP contribution in [0.3, 0.4) is 0 Å². The van der Waals surface area contributed by atoms with Gasteiger partial charge in [0, 0.05) is 42.4 Å². The van der Waals surface area contributed by atoms with E-state index in [2.05, 4.69) is 25.6 Å². The van der Waals surface area contributed by atoms with E-state index in [1.165, 1.54) is 6.20 Å². The molecule has 1 aliphatic rings. The van der Waals surface area contributed by atoms with Crippen LogP contribution in [0.2, 0.25) is 0 Å². The summed E-state index contributed by atoms with van der Waals surface area (Å²) in [6.45, 7) is 1.89. The van der Waals surface area contributed by atoms with Crippen molar-refractivity contribution in [1.29, 1.82) is 5.41 Å². The Morgan fingerprint density at radius 2 is 1.97 bits per heavy atom. The van der Waals surface area contributed by atoms with Gasteiger partial charge in [-0.2, -0.15) is 0 Å². The maximum Gasteiger partial charge on any atom is 0.262 e. The number of rotatable bonds is 8. The molecule has 0 unspecified atom stereocenters. The summed E-state index contributed by atoms with van der Waals surface area (Å²) >= 11 is 0. The molecule has 0 radical (unpaired) electrons. The highest BCUT2D eigenvalue weighted by Crippen LogP contribution is 2.23. The second kappa shape index (κ2) is 11.0. The Morgan fingerprint density at radius 3 is 2.59 bits per heavy atom. The summed E-state index contributed by atoms with van der Waals surface area (Å²) < 4.78 is 26.0. The van der Waals surface area contributed by atoms with Crippen molar-refractivity contribution >= 4 is 23.8 Å². The van der Waals surface area contributed by atoms with E-state index in [4.69, 9.17) is 11.1 Å². The van der Waals surface area contributed by atoms with E-state index in [9.17, 15) is 13.6 Å². The molecule has 8 nitrogen and oxygen atoms in total. The first-order valence-electron chi connectivity index (χ1n) is 11.0.